The van der Waals surface area contributed by atoms with E-state index >= 15 is 0 Å². The van der Waals surface area contributed by atoms with Crippen LogP contribution < -0.4 is 22.1 Å². The minimum absolute atomic E-state index is 0.236. The standard InChI is InChI=1S/C18H28N4O4/c1-12(20)16(23)22-15(11-13-7-3-2-4-8-13)17(24)21-14(18(25)26)9-5-6-10-19/h2-4,7-8,12,14-15H,5-6,9-11,19-20H2,1H3,(H,21,24)(H,22,23)(H,25,26)/t12-,14-,15-/m0/s1. The molecule has 0 heterocycles. The van der Waals surface area contributed by atoms with Gasteiger partial charge in [0, 0.05) is 6.42 Å². The Hall–Kier alpha value is -2.45. The zero-order valence-electron chi connectivity index (χ0n) is 15.0. The molecule has 8 nitrogen and oxygen atoms in total. The third kappa shape index (κ3) is 7.62. The van der Waals surface area contributed by atoms with Gasteiger partial charge >= 0.3 is 5.97 Å². The van der Waals surface area contributed by atoms with Crippen LogP contribution in [-0.2, 0) is 20.8 Å². The van der Waals surface area contributed by atoms with E-state index in [0.717, 1.165) is 5.56 Å². The molecule has 0 bridgehead atoms. The Balaban J connectivity index is 2.83. The fraction of sp³-hybridized carbons (Fsp3) is 0.500. The number of nitrogens with two attached hydrogens (primary N) is 2. The first-order chi connectivity index (χ1) is 12.3. The maximum absolute atomic E-state index is 12.6. The van der Waals surface area contributed by atoms with Gasteiger partial charge in [-0.15, -0.1) is 0 Å². The van der Waals surface area contributed by atoms with Gasteiger partial charge in [0.1, 0.15) is 12.1 Å². The number of carboxylic acids is 1. The van der Waals surface area contributed by atoms with Crippen molar-refractivity contribution >= 4 is 17.8 Å². The fourth-order valence-corrected chi connectivity index (χ4v) is 2.38. The molecule has 0 aliphatic rings. The van der Waals surface area contributed by atoms with Crippen LogP contribution in [0.1, 0.15) is 31.7 Å². The minimum atomic E-state index is -1.12. The molecular weight excluding hydrogens is 336 g/mol. The lowest BCUT2D eigenvalue weighted by Crippen LogP contribution is -2.54. The van der Waals surface area contributed by atoms with Crippen molar-refractivity contribution in [2.45, 2.75) is 50.7 Å². The monoisotopic (exact) mass is 364 g/mol. The number of carbonyl (C=O) groups is 3. The first kappa shape index (κ1) is 21.6. The Morgan fingerprint density at radius 3 is 2.19 bits per heavy atom. The van der Waals surface area contributed by atoms with Gasteiger partial charge in [-0.3, -0.25) is 9.59 Å². The van der Waals surface area contributed by atoms with Crippen LogP contribution in [0.15, 0.2) is 30.3 Å². The van der Waals surface area contributed by atoms with E-state index in [9.17, 15) is 19.5 Å². The first-order valence-corrected chi connectivity index (χ1v) is 8.68. The molecule has 2 amide bonds. The normalized spacial score (nSPS) is 14.1. The van der Waals surface area contributed by atoms with E-state index in [-0.39, 0.29) is 12.8 Å². The minimum Gasteiger partial charge on any atom is -0.480 e. The average Bonchev–Trinajstić information content (AvgIpc) is 2.60. The highest BCUT2D eigenvalue weighted by atomic mass is 16.4. The maximum atomic E-state index is 12.6. The zero-order chi connectivity index (χ0) is 19.5. The third-order valence-electron chi connectivity index (χ3n) is 3.89. The van der Waals surface area contributed by atoms with Crippen LogP contribution in [0.25, 0.3) is 0 Å². The number of benzene rings is 1. The summed E-state index contributed by atoms with van der Waals surface area (Å²) >= 11 is 0. The summed E-state index contributed by atoms with van der Waals surface area (Å²) in [7, 11) is 0. The van der Waals surface area contributed by atoms with E-state index in [2.05, 4.69) is 10.6 Å². The van der Waals surface area contributed by atoms with Crippen molar-refractivity contribution in [3.05, 3.63) is 35.9 Å². The molecule has 0 radical (unpaired) electrons. The van der Waals surface area contributed by atoms with Crippen LogP contribution in [0.4, 0.5) is 0 Å². The molecular formula is C18H28N4O4. The second-order valence-corrected chi connectivity index (χ2v) is 6.22. The summed E-state index contributed by atoms with van der Waals surface area (Å²) in [5, 5.41) is 14.4. The zero-order valence-corrected chi connectivity index (χ0v) is 15.0. The van der Waals surface area contributed by atoms with Gasteiger partial charge in [0.15, 0.2) is 0 Å². The Bertz CT molecular complexity index is 592. The number of rotatable bonds is 11. The highest BCUT2D eigenvalue weighted by Crippen LogP contribution is 2.06. The summed E-state index contributed by atoms with van der Waals surface area (Å²) in [6.45, 7) is 1.97. The van der Waals surface area contributed by atoms with Crippen molar-refractivity contribution in [2.24, 2.45) is 11.5 Å². The van der Waals surface area contributed by atoms with E-state index in [1.165, 1.54) is 6.92 Å². The Morgan fingerprint density at radius 1 is 1.04 bits per heavy atom. The molecule has 26 heavy (non-hydrogen) atoms. The maximum Gasteiger partial charge on any atom is 0.326 e. The van der Waals surface area contributed by atoms with E-state index in [1.807, 2.05) is 30.3 Å². The van der Waals surface area contributed by atoms with Crippen LogP contribution in [0, 0.1) is 0 Å². The van der Waals surface area contributed by atoms with Crippen LogP contribution in [0.5, 0.6) is 0 Å². The highest BCUT2D eigenvalue weighted by molar-refractivity contribution is 5.91. The largest absolute Gasteiger partial charge is 0.480 e. The van der Waals surface area contributed by atoms with E-state index in [4.69, 9.17) is 11.5 Å². The molecule has 1 rings (SSSR count). The summed E-state index contributed by atoms with van der Waals surface area (Å²) in [5.41, 5.74) is 11.8. The summed E-state index contributed by atoms with van der Waals surface area (Å²) in [6, 6.07) is 6.43. The molecule has 144 valence electrons. The molecule has 0 saturated heterocycles. The van der Waals surface area contributed by atoms with E-state index in [0.29, 0.717) is 19.4 Å². The number of unbranched alkanes of at least 4 members (excludes halogenated alkanes) is 1. The van der Waals surface area contributed by atoms with Gasteiger partial charge in [-0.05, 0) is 38.3 Å². The number of aliphatic carboxylic acids is 1. The molecule has 0 spiro atoms. The molecule has 0 aromatic heterocycles. The molecule has 8 heteroatoms. The van der Waals surface area contributed by atoms with Crippen LogP contribution in [0.2, 0.25) is 0 Å². The lowest BCUT2D eigenvalue weighted by molar-refractivity contribution is -0.142. The molecule has 0 aliphatic carbocycles. The second kappa shape index (κ2) is 11.2. The van der Waals surface area contributed by atoms with Gasteiger partial charge in [0.25, 0.3) is 0 Å². The van der Waals surface area contributed by atoms with E-state index in [1.54, 1.807) is 0 Å². The number of nitrogens with one attached hydrogen (secondary N) is 2. The lowest BCUT2D eigenvalue weighted by atomic mass is 10.0. The third-order valence-corrected chi connectivity index (χ3v) is 3.89. The second-order valence-electron chi connectivity index (χ2n) is 6.22. The fourth-order valence-electron chi connectivity index (χ4n) is 2.38. The Morgan fingerprint density at radius 2 is 1.65 bits per heavy atom. The van der Waals surface area contributed by atoms with Gasteiger partial charge in [-0.1, -0.05) is 30.3 Å². The van der Waals surface area contributed by atoms with Crippen molar-refractivity contribution in [2.75, 3.05) is 6.54 Å². The Kier molecular flexibility index (Phi) is 9.32. The molecule has 3 atom stereocenters. The molecule has 0 aliphatic heterocycles. The van der Waals surface area contributed by atoms with Crippen molar-refractivity contribution in [1.82, 2.24) is 10.6 Å². The van der Waals surface area contributed by atoms with Gasteiger partial charge in [-0.25, -0.2) is 4.79 Å². The summed E-state index contributed by atoms with van der Waals surface area (Å²) in [5.74, 6) is -2.15. The predicted octanol–water partition coefficient (Wildman–Crippen LogP) is -0.240. The SMILES string of the molecule is C[C@H](N)C(=O)N[C@@H](Cc1ccccc1)C(=O)N[C@@H](CCCCN)C(=O)O. The van der Waals surface area contributed by atoms with Gasteiger partial charge in [0.2, 0.25) is 11.8 Å². The van der Waals surface area contributed by atoms with Crippen LogP contribution in [-0.4, -0.2) is 47.6 Å². The summed E-state index contributed by atoms with van der Waals surface area (Å²) in [4.78, 5) is 35.9. The number of amides is 2. The molecule has 0 saturated carbocycles. The Labute approximate surface area is 153 Å². The topological polar surface area (TPSA) is 148 Å². The predicted molar refractivity (Wildman–Crippen MR) is 98.2 cm³/mol. The molecule has 1 aromatic carbocycles. The molecule has 0 fully saturated rings. The van der Waals surface area contributed by atoms with Crippen LogP contribution >= 0.6 is 0 Å². The quantitative estimate of drug-likeness (QED) is 0.342. The first-order valence-electron chi connectivity index (χ1n) is 8.68. The molecule has 7 N–H and O–H groups in total. The van der Waals surface area contributed by atoms with Crippen molar-refractivity contribution in [3.63, 3.8) is 0 Å². The number of carbonyl (C=O) groups excluding carboxylic acids is 2. The van der Waals surface area contributed by atoms with Gasteiger partial charge in [0.05, 0.1) is 6.04 Å². The average molecular weight is 364 g/mol. The van der Waals surface area contributed by atoms with Gasteiger partial charge in [-0.2, -0.15) is 0 Å². The summed E-state index contributed by atoms with van der Waals surface area (Å²) in [6.07, 6.45) is 1.77. The molecule has 0 unspecified atom stereocenters. The highest BCUT2D eigenvalue weighted by Gasteiger charge is 2.27. The number of hydrogen-bond acceptors (Lipinski definition) is 5. The van der Waals surface area contributed by atoms with Crippen molar-refractivity contribution < 1.29 is 19.5 Å². The number of carboxylic acid groups (broad SMARTS) is 1. The number of hydrogen-bond donors (Lipinski definition) is 5. The lowest BCUT2D eigenvalue weighted by Gasteiger charge is -2.22. The van der Waals surface area contributed by atoms with Crippen molar-refractivity contribution in [3.8, 4) is 0 Å². The smallest absolute Gasteiger partial charge is 0.326 e. The van der Waals surface area contributed by atoms with Crippen LogP contribution in [0.3, 0.4) is 0 Å². The molecule has 1 aromatic rings. The summed E-state index contributed by atoms with van der Waals surface area (Å²) < 4.78 is 0. The van der Waals surface area contributed by atoms with Crippen molar-refractivity contribution in [1.29, 1.82) is 0 Å². The van der Waals surface area contributed by atoms with Gasteiger partial charge < -0.3 is 27.2 Å². The van der Waals surface area contributed by atoms with E-state index < -0.39 is 35.9 Å².